The van der Waals surface area contributed by atoms with Crippen LogP contribution < -0.4 is 0 Å². The highest BCUT2D eigenvalue weighted by Crippen LogP contribution is 2.64. The van der Waals surface area contributed by atoms with Gasteiger partial charge in [-0.1, -0.05) is 32.4 Å². The average Bonchev–Trinajstić information content (AvgIpc) is 2.94. The van der Waals surface area contributed by atoms with E-state index in [1.165, 1.54) is 0 Å². The van der Waals surface area contributed by atoms with Crippen LogP contribution in [-0.4, -0.2) is 41.4 Å². The van der Waals surface area contributed by atoms with E-state index in [9.17, 15) is 10.2 Å². The van der Waals surface area contributed by atoms with Crippen LogP contribution >= 0.6 is 0 Å². The van der Waals surface area contributed by atoms with Gasteiger partial charge in [-0.2, -0.15) is 0 Å². The lowest BCUT2D eigenvalue weighted by Crippen LogP contribution is -2.56. The SMILES string of the molecule is CC1(C)OCC([C@]2(C)C=C3CC[C@@H]4[C@](C)(CO)C[C@@H](O)C[C@@]4(C)[C@@H]3CC2)O1. The highest BCUT2D eigenvalue weighted by atomic mass is 16.7. The molecule has 1 heterocycles. The molecule has 4 heteroatoms. The number of allylic oxidation sites excluding steroid dienone is 1. The van der Waals surface area contributed by atoms with Crippen molar-refractivity contribution in [1.82, 2.24) is 0 Å². The van der Waals surface area contributed by atoms with Gasteiger partial charge in [-0.3, -0.25) is 0 Å². The maximum Gasteiger partial charge on any atom is 0.163 e. The highest BCUT2D eigenvalue weighted by molar-refractivity contribution is 5.26. The molecule has 3 aliphatic carbocycles. The van der Waals surface area contributed by atoms with Crippen LogP contribution in [0.4, 0.5) is 0 Å². The van der Waals surface area contributed by atoms with E-state index in [2.05, 4.69) is 26.8 Å². The van der Waals surface area contributed by atoms with Crippen LogP contribution in [0.2, 0.25) is 0 Å². The molecule has 0 spiro atoms. The van der Waals surface area contributed by atoms with E-state index in [1.807, 2.05) is 13.8 Å². The smallest absolute Gasteiger partial charge is 0.163 e. The molecule has 1 unspecified atom stereocenters. The number of hydrogen-bond donors (Lipinski definition) is 2. The summed E-state index contributed by atoms with van der Waals surface area (Å²) in [5, 5.41) is 20.8. The Morgan fingerprint density at radius 1 is 1.11 bits per heavy atom. The molecule has 27 heavy (non-hydrogen) atoms. The van der Waals surface area contributed by atoms with Crippen LogP contribution in [0.1, 0.15) is 73.1 Å². The van der Waals surface area contributed by atoms with Gasteiger partial charge in [0.05, 0.1) is 18.8 Å². The van der Waals surface area contributed by atoms with Crippen molar-refractivity contribution in [2.45, 2.75) is 91.1 Å². The van der Waals surface area contributed by atoms with E-state index in [1.54, 1.807) is 5.57 Å². The molecule has 0 radical (unpaired) electrons. The van der Waals surface area contributed by atoms with Gasteiger partial charge in [-0.05, 0) is 75.0 Å². The number of hydrogen-bond acceptors (Lipinski definition) is 4. The summed E-state index contributed by atoms with van der Waals surface area (Å²) in [5.74, 6) is 0.513. The molecule has 1 aliphatic heterocycles. The summed E-state index contributed by atoms with van der Waals surface area (Å²) in [7, 11) is 0. The predicted molar refractivity (Wildman–Crippen MR) is 105 cm³/mol. The molecule has 3 fully saturated rings. The second kappa shape index (κ2) is 6.29. The first-order valence-electron chi connectivity index (χ1n) is 10.8. The Morgan fingerprint density at radius 3 is 2.48 bits per heavy atom. The molecule has 0 bridgehead atoms. The molecule has 1 saturated heterocycles. The Morgan fingerprint density at radius 2 is 1.85 bits per heavy atom. The van der Waals surface area contributed by atoms with Crippen LogP contribution in [-0.2, 0) is 9.47 Å². The fraction of sp³-hybridized carbons (Fsp3) is 0.913. The van der Waals surface area contributed by atoms with Crippen LogP contribution in [0, 0.1) is 28.1 Å². The summed E-state index contributed by atoms with van der Waals surface area (Å²) in [6.45, 7) is 11.7. The van der Waals surface area contributed by atoms with Gasteiger partial charge >= 0.3 is 0 Å². The lowest BCUT2D eigenvalue weighted by Gasteiger charge is -2.61. The van der Waals surface area contributed by atoms with E-state index >= 15 is 0 Å². The lowest BCUT2D eigenvalue weighted by atomic mass is 9.44. The molecule has 4 rings (SSSR count). The van der Waals surface area contributed by atoms with Crippen molar-refractivity contribution in [1.29, 1.82) is 0 Å². The summed E-state index contributed by atoms with van der Waals surface area (Å²) >= 11 is 0. The molecule has 7 atom stereocenters. The van der Waals surface area contributed by atoms with E-state index in [-0.39, 0.29) is 35.1 Å². The summed E-state index contributed by atoms with van der Waals surface area (Å²) < 4.78 is 12.1. The van der Waals surface area contributed by atoms with Crippen molar-refractivity contribution in [3.8, 4) is 0 Å². The fourth-order valence-corrected chi connectivity index (χ4v) is 7.25. The molecule has 4 nitrogen and oxygen atoms in total. The van der Waals surface area contributed by atoms with E-state index in [0.29, 0.717) is 18.4 Å². The first kappa shape index (κ1) is 19.9. The van der Waals surface area contributed by atoms with Crippen LogP contribution in [0.5, 0.6) is 0 Å². The molecule has 0 aromatic carbocycles. The van der Waals surface area contributed by atoms with Gasteiger partial charge in [-0.25, -0.2) is 0 Å². The summed E-state index contributed by atoms with van der Waals surface area (Å²) in [4.78, 5) is 0. The third kappa shape index (κ3) is 3.11. The van der Waals surface area contributed by atoms with Gasteiger partial charge < -0.3 is 19.7 Å². The van der Waals surface area contributed by atoms with Crippen molar-refractivity contribution in [2.75, 3.05) is 13.2 Å². The second-order valence-corrected chi connectivity index (χ2v) is 11.1. The van der Waals surface area contributed by atoms with Crippen molar-refractivity contribution >= 4 is 0 Å². The highest BCUT2D eigenvalue weighted by Gasteiger charge is 2.58. The molecule has 4 aliphatic rings. The fourth-order valence-electron chi connectivity index (χ4n) is 7.25. The first-order valence-corrected chi connectivity index (χ1v) is 10.8. The Kier molecular flexibility index (Phi) is 4.63. The molecule has 0 aromatic heterocycles. The number of ether oxygens (including phenoxy) is 2. The maximum absolute atomic E-state index is 10.6. The first-order chi connectivity index (χ1) is 12.5. The normalized spacial score (nSPS) is 52.0. The zero-order chi connectivity index (χ0) is 19.7. The quantitative estimate of drug-likeness (QED) is 0.712. The monoisotopic (exact) mass is 378 g/mol. The van der Waals surface area contributed by atoms with Crippen molar-refractivity contribution in [2.24, 2.45) is 28.1 Å². The van der Waals surface area contributed by atoms with Crippen LogP contribution in [0.15, 0.2) is 11.6 Å². The Labute approximate surface area is 164 Å². The van der Waals surface area contributed by atoms with Gasteiger partial charge in [0.15, 0.2) is 5.79 Å². The molecule has 0 amide bonds. The third-order valence-electron chi connectivity index (χ3n) is 8.57. The zero-order valence-electron chi connectivity index (χ0n) is 17.8. The van der Waals surface area contributed by atoms with Crippen LogP contribution in [0.3, 0.4) is 0 Å². The van der Waals surface area contributed by atoms with Gasteiger partial charge in [0.25, 0.3) is 0 Å². The van der Waals surface area contributed by atoms with Crippen molar-refractivity contribution < 1.29 is 19.7 Å². The largest absolute Gasteiger partial charge is 0.396 e. The Bertz CT molecular complexity index is 628. The predicted octanol–water partition coefficient (Wildman–Crippen LogP) is 4.05. The minimum absolute atomic E-state index is 0.0242. The molecule has 2 saturated carbocycles. The molecular weight excluding hydrogens is 340 g/mol. The third-order valence-corrected chi connectivity index (χ3v) is 8.57. The van der Waals surface area contributed by atoms with Crippen LogP contribution in [0.25, 0.3) is 0 Å². The summed E-state index contributed by atoms with van der Waals surface area (Å²) in [6.07, 6.45) is 8.39. The van der Waals surface area contributed by atoms with Gasteiger partial charge in [-0.15, -0.1) is 0 Å². The zero-order valence-corrected chi connectivity index (χ0v) is 17.8. The van der Waals surface area contributed by atoms with E-state index in [0.717, 1.165) is 38.5 Å². The Balaban J connectivity index is 1.63. The molecule has 0 aromatic rings. The summed E-state index contributed by atoms with van der Waals surface area (Å²) in [5.41, 5.74) is 1.50. The minimum Gasteiger partial charge on any atom is -0.396 e. The topological polar surface area (TPSA) is 58.9 Å². The molecule has 2 N–H and O–H groups in total. The molecule has 154 valence electrons. The summed E-state index contributed by atoms with van der Waals surface area (Å²) in [6, 6.07) is 0. The number of aliphatic hydroxyl groups excluding tert-OH is 2. The number of rotatable bonds is 2. The minimum atomic E-state index is -0.483. The number of fused-ring (bicyclic) bond motifs is 3. The Hall–Kier alpha value is -0.420. The van der Waals surface area contributed by atoms with E-state index in [4.69, 9.17) is 9.47 Å². The lowest BCUT2D eigenvalue weighted by molar-refractivity contribution is -0.154. The van der Waals surface area contributed by atoms with E-state index < -0.39 is 5.79 Å². The van der Waals surface area contributed by atoms with Crippen molar-refractivity contribution in [3.05, 3.63) is 11.6 Å². The maximum atomic E-state index is 10.6. The van der Waals surface area contributed by atoms with Gasteiger partial charge in [0.1, 0.15) is 0 Å². The van der Waals surface area contributed by atoms with Gasteiger partial charge in [0.2, 0.25) is 0 Å². The number of aliphatic hydroxyl groups is 2. The van der Waals surface area contributed by atoms with Crippen molar-refractivity contribution in [3.63, 3.8) is 0 Å². The average molecular weight is 379 g/mol. The van der Waals surface area contributed by atoms with Gasteiger partial charge in [0, 0.05) is 12.0 Å². The second-order valence-electron chi connectivity index (χ2n) is 11.1. The molecular formula is C23H38O4. The standard InChI is InChI=1S/C23H38O4/c1-20(2)26-13-19(27-20)21(3)9-8-17-15(10-21)6-7-18-22(4,14-24)11-16(25)12-23(17,18)5/h10,16-19,24-25H,6-9,11-14H2,1-5H3/t16-,17-,18-,19?,21+,22+,23+/m1/s1.